The summed E-state index contributed by atoms with van der Waals surface area (Å²) in [7, 11) is 0. The van der Waals surface area contributed by atoms with Gasteiger partial charge < -0.3 is 24.6 Å². The molecule has 0 radical (unpaired) electrons. The first-order valence-corrected chi connectivity index (χ1v) is 18.4. The molecule has 5 heterocycles. The zero-order chi connectivity index (χ0) is 37.9. The minimum atomic E-state index is -4.61. The first-order valence-electron chi connectivity index (χ1n) is 18.1. The van der Waals surface area contributed by atoms with Gasteiger partial charge in [-0.15, -0.1) is 5.10 Å². The van der Waals surface area contributed by atoms with Gasteiger partial charge in [0.1, 0.15) is 12.9 Å². The van der Waals surface area contributed by atoms with Crippen LogP contribution < -0.4 is 10.9 Å². The molecular weight excluding hydrogens is 729 g/mol. The van der Waals surface area contributed by atoms with E-state index >= 15 is 0 Å². The predicted molar refractivity (Wildman–Crippen MR) is 188 cm³/mol. The second-order valence-corrected chi connectivity index (χ2v) is 15.8. The van der Waals surface area contributed by atoms with E-state index in [0.717, 1.165) is 43.0 Å². The number of nitrogens with one attached hydrogen (secondary N) is 1. The van der Waals surface area contributed by atoms with Gasteiger partial charge in [0.05, 0.1) is 34.2 Å². The fourth-order valence-electron chi connectivity index (χ4n) is 9.38. The van der Waals surface area contributed by atoms with Gasteiger partial charge in [0.25, 0.3) is 11.5 Å². The first-order chi connectivity index (χ1) is 25.7. The van der Waals surface area contributed by atoms with Crippen molar-refractivity contribution in [1.82, 2.24) is 34.0 Å². The third kappa shape index (κ3) is 5.34. The van der Waals surface area contributed by atoms with Crippen molar-refractivity contribution in [3.63, 3.8) is 0 Å². The molecule has 4 atom stereocenters. The summed E-state index contributed by atoms with van der Waals surface area (Å²) in [5.74, 6) is -0.961. The third-order valence-corrected chi connectivity index (χ3v) is 12.5. The number of ether oxygens (including phenoxy) is 1. The average molecular weight is 765 g/mol. The van der Waals surface area contributed by atoms with Gasteiger partial charge in [0.15, 0.2) is 17.3 Å². The van der Waals surface area contributed by atoms with Crippen molar-refractivity contribution in [1.29, 1.82) is 0 Å². The molecule has 0 bridgehead atoms. The molecule has 2 saturated carbocycles. The van der Waals surface area contributed by atoms with Gasteiger partial charge in [-0.25, -0.2) is 9.97 Å². The molecule has 13 nitrogen and oxygen atoms in total. The number of amides is 2. The Morgan fingerprint density at radius 2 is 1.96 bits per heavy atom. The van der Waals surface area contributed by atoms with Crippen LogP contribution in [0.25, 0.3) is 11.4 Å². The summed E-state index contributed by atoms with van der Waals surface area (Å²) in [5, 5.41) is 17.8. The maximum atomic E-state index is 14.8. The summed E-state index contributed by atoms with van der Waals surface area (Å²) in [4.78, 5) is 57.1. The maximum Gasteiger partial charge on any atom is 0.416 e. The Labute approximate surface area is 311 Å². The van der Waals surface area contributed by atoms with Gasteiger partial charge in [0, 0.05) is 35.7 Å². The number of rotatable bonds is 5. The van der Waals surface area contributed by atoms with Crippen molar-refractivity contribution in [3.05, 3.63) is 80.0 Å². The molecule has 3 aromatic heterocycles. The molecule has 5 aliphatic rings. The summed E-state index contributed by atoms with van der Waals surface area (Å²) in [6, 6.07) is 2.51. The summed E-state index contributed by atoms with van der Waals surface area (Å²) < 4.78 is 48.9. The second kappa shape index (κ2) is 12.1. The quantitative estimate of drug-likeness (QED) is 0.271. The lowest BCUT2D eigenvalue weighted by molar-refractivity contribution is -0.137. The molecule has 3 fully saturated rings. The van der Waals surface area contributed by atoms with Crippen molar-refractivity contribution < 1.29 is 32.6 Å². The molecule has 2 aliphatic heterocycles. The minimum absolute atomic E-state index is 0.0106. The number of likely N-dealkylation sites (tertiary alicyclic amines) is 1. The number of aryl methyl sites for hydroxylation is 1. The van der Waals surface area contributed by atoms with Crippen LogP contribution in [0, 0.1) is 12.8 Å². The summed E-state index contributed by atoms with van der Waals surface area (Å²) >= 11 is 6.20. The first kappa shape index (κ1) is 34.9. The van der Waals surface area contributed by atoms with E-state index in [4.69, 9.17) is 26.4 Å². The van der Waals surface area contributed by atoms with Crippen LogP contribution in [0.15, 0.2) is 35.4 Å². The van der Waals surface area contributed by atoms with Crippen LogP contribution in [-0.2, 0) is 27.7 Å². The van der Waals surface area contributed by atoms with E-state index in [1.807, 2.05) is 13.0 Å². The van der Waals surface area contributed by atoms with Gasteiger partial charge in [-0.05, 0) is 81.1 Å². The van der Waals surface area contributed by atoms with E-state index in [-0.39, 0.29) is 69.4 Å². The number of carbonyl (C=O) groups is 2. The number of piperidine rings is 1. The summed E-state index contributed by atoms with van der Waals surface area (Å²) in [6.45, 7) is 4.00. The van der Waals surface area contributed by atoms with Gasteiger partial charge in [-0.2, -0.15) is 22.7 Å². The Bertz CT molecular complexity index is 2370. The number of benzene rings is 1. The average Bonchev–Trinajstić information content (AvgIpc) is 3.55. The van der Waals surface area contributed by atoms with Crippen LogP contribution in [0.2, 0.25) is 5.02 Å². The number of anilines is 1. The fourth-order valence-corrected chi connectivity index (χ4v) is 9.61. The fraction of sp³-hybridized carbons (Fsp3) is 0.486. The highest BCUT2D eigenvalue weighted by molar-refractivity contribution is 6.33. The van der Waals surface area contributed by atoms with E-state index in [0.29, 0.717) is 61.6 Å². The minimum Gasteiger partial charge on any atom is -0.504 e. The van der Waals surface area contributed by atoms with Crippen LogP contribution in [0.1, 0.15) is 96.6 Å². The van der Waals surface area contributed by atoms with E-state index in [1.54, 1.807) is 16.4 Å². The number of nitrogens with zero attached hydrogens (tertiary/aromatic N) is 7. The normalized spacial score (nSPS) is 25.3. The number of halogens is 4. The number of alkyl halides is 3. The number of hydrogen-bond donors (Lipinski definition) is 2. The van der Waals surface area contributed by atoms with E-state index in [2.05, 4.69) is 15.3 Å². The zero-order valence-electron chi connectivity index (χ0n) is 29.4. The van der Waals surface area contributed by atoms with Crippen LogP contribution in [0.5, 0.6) is 5.75 Å². The van der Waals surface area contributed by atoms with Crippen molar-refractivity contribution in [3.8, 4) is 5.75 Å². The molecule has 3 aliphatic carbocycles. The van der Waals surface area contributed by atoms with Crippen LogP contribution in [0.4, 0.5) is 18.9 Å². The van der Waals surface area contributed by atoms with Crippen LogP contribution >= 0.6 is 11.6 Å². The van der Waals surface area contributed by atoms with Crippen LogP contribution in [-0.4, -0.2) is 75.7 Å². The molecule has 17 heteroatoms. The lowest BCUT2D eigenvalue weighted by atomic mass is 9.55. The molecule has 1 aromatic carbocycles. The highest BCUT2D eigenvalue weighted by atomic mass is 35.5. The molecule has 9 rings (SSSR count). The van der Waals surface area contributed by atoms with Crippen molar-refractivity contribution in [2.24, 2.45) is 5.92 Å². The molecule has 2 N–H and O–H groups in total. The Morgan fingerprint density at radius 3 is 2.67 bits per heavy atom. The molecule has 0 unspecified atom stereocenters. The lowest BCUT2D eigenvalue weighted by Crippen LogP contribution is -2.63. The largest absolute Gasteiger partial charge is 0.504 e. The molecular formula is C37H36ClF3N8O5. The lowest BCUT2D eigenvalue weighted by Gasteiger charge is -2.57. The molecule has 54 heavy (non-hydrogen) atoms. The zero-order valence-corrected chi connectivity index (χ0v) is 30.2. The molecule has 4 aromatic rings. The number of aromatic hydroxyl groups is 1. The summed E-state index contributed by atoms with van der Waals surface area (Å²) in [6.07, 6.45) is 3.52. The molecule has 282 valence electrons. The van der Waals surface area contributed by atoms with Crippen LogP contribution in [0.3, 0.4) is 0 Å². The second-order valence-electron chi connectivity index (χ2n) is 15.4. The Balaban J connectivity index is 1.12. The monoisotopic (exact) mass is 764 g/mol. The SMILES string of the molecule is Cc1ncnc(C(=O)N2CC[C@@]3(C[C@H](C)c4c3c(=O)n3nc(C5=CCOC6(CC6)C5)nc3n4CC(=O)Nc3ccc(C(F)(F)F)cc3Cl)[C@@H]3CC[C@@H]32)c1O. The predicted octanol–water partition coefficient (Wildman–Crippen LogP) is 5.41. The Kier molecular flexibility index (Phi) is 7.81. The van der Waals surface area contributed by atoms with Gasteiger partial charge >= 0.3 is 6.18 Å². The topological polar surface area (TPSA) is 157 Å². The van der Waals surface area contributed by atoms with Gasteiger partial charge in [-0.3, -0.25) is 14.4 Å². The van der Waals surface area contributed by atoms with E-state index < -0.39 is 23.1 Å². The number of carbonyl (C=O) groups excluding carboxylic acids is 2. The number of aromatic nitrogens is 6. The van der Waals surface area contributed by atoms with E-state index in [9.17, 15) is 32.7 Å². The highest BCUT2D eigenvalue weighted by Gasteiger charge is 2.60. The van der Waals surface area contributed by atoms with Gasteiger partial charge in [0.2, 0.25) is 11.7 Å². The summed E-state index contributed by atoms with van der Waals surface area (Å²) in [5.41, 5.74) is 0.147. The maximum absolute atomic E-state index is 14.8. The smallest absolute Gasteiger partial charge is 0.416 e. The Hall–Kier alpha value is -4.83. The van der Waals surface area contributed by atoms with E-state index in [1.165, 1.54) is 10.8 Å². The molecule has 1 saturated heterocycles. The molecule has 2 amide bonds. The number of fused-ring (bicyclic) bond motifs is 5. The van der Waals surface area contributed by atoms with Crippen molar-refractivity contribution in [2.45, 2.75) is 94.5 Å². The number of hydrogen-bond acceptors (Lipinski definition) is 9. The standard InChI is InChI=1S/C37H36ClF3N8O5/c1-18-14-36(10-11-47(25-6-4-22(25)36)33(53)28-30(51)19(2)42-17-43-28)27-29(18)48(16-26(50)44-24-5-3-21(13-23(24)38)37(39,40)41)34-45-31(46-49(34)32(27)52)20-7-12-54-35(15-20)8-9-35/h3,5,7,13,17-18,22,25,51H,4,6,8-12,14-16H2,1-2H3,(H,44,50)/t18-,22+,25-,36+/m0/s1. The van der Waals surface area contributed by atoms with Crippen molar-refractivity contribution >= 4 is 40.5 Å². The third-order valence-electron chi connectivity index (χ3n) is 12.2. The van der Waals surface area contributed by atoms with Gasteiger partial charge in [-0.1, -0.05) is 24.6 Å². The Morgan fingerprint density at radius 1 is 1.17 bits per heavy atom. The molecule has 2 spiro atoms. The van der Waals surface area contributed by atoms with Crippen molar-refractivity contribution in [2.75, 3.05) is 18.5 Å². The highest BCUT2D eigenvalue weighted by Crippen LogP contribution is 2.59.